The summed E-state index contributed by atoms with van der Waals surface area (Å²) >= 11 is 0. The molecule has 10 heteroatoms. The van der Waals surface area contributed by atoms with Gasteiger partial charge in [0.1, 0.15) is 5.54 Å². The summed E-state index contributed by atoms with van der Waals surface area (Å²) in [5, 5.41) is 4.56. The van der Waals surface area contributed by atoms with Crippen LogP contribution in [0.4, 0.5) is 5.69 Å². The van der Waals surface area contributed by atoms with Crippen LogP contribution in [0, 0.1) is 5.92 Å². The lowest BCUT2D eigenvalue weighted by molar-refractivity contribution is -0.142. The van der Waals surface area contributed by atoms with Crippen LogP contribution >= 0.6 is 0 Å². The van der Waals surface area contributed by atoms with Crippen molar-refractivity contribution in [2.45, 2.75) is 12.0 Å². The summed E-state index contributed by atoms with van der Waals surface area (Å²) in [6, 6.07) is 9.49. The monoisotopic (exact) mass is 460 g/mol. The Labute approximate surface area is 197 Å². The molecule has 1 unspecified atom stereocenters. The van der Waals surface area contributed by atoms with Gasteiger partial charge in [0.15, 0.2) is 5.65 Å². The Hall–Kier alpha value is -3.76. The molecule has 0 spiro atoms. The standard InChI is InChI=1S/C24H28N8O2/c25-8-19(9-29-24(13-26)14-31(15-24)23(33)17-4-5-34-12-17)18-7-22-28-11-21(32(22)30-10-18)16-2-1-3-20(27)6-16/h1-3,6-11,17H,4-5,12-15,25-27H2. The molecule has 2 saturated heterocycles. The van der Waals surface area contributed by atoms with E-state index in [-0.39, 0.29) is 11.8 Å². The molecule has 2 aromatic heterocycles. The summed E-state index contributed by atoms with van der Waals surface area (Å²) in [5.74, 6) is 0.0696. The van der Waals surface area contributed by atoms with E-state index in [9.17, 15) is 4.79 Å². The van der Waals surface area contributed by atoms with E-state index in [1.165, 1.54) is 6.20 Å². The molecule has 0 aliphatic carbocycles. The second-order valence-corrected chi connectivity index (χ2v) is 8.85. The number of rotatable bonds is 6. The molecule has 2 fully saturated rings. The maximum absolute atomic E-state index is 12.6. The first kappa shape index (κ1) is 22.1. The number of nitrogen functional groups attached to an aromatic ring is 1. The number of fused-ring (bicyclic) bond motifs is 1. The first-order valence-corrected chi connectivity index (χ1v) is 11.3. The van der Waals surface area contributed by atoms with E-state index in [0.29, 0.717) is 49.8 Å². The van der Waals surface area contributed by atoms with E-state index in [2.05, 4.69) is 10.1 Å². The molecular formula is C24H28N8O2. The highest BCUT2D eigenvalue weighted by atomic mass is 16.5. The van der Waals surface area contributed by atoms with Gasteiger partial charge in [-0.05, 0) is 24.6 Å². The number of allylic oxidation sites excluding steroid dienone is 1. The number of amides is 1. The minimum atomic E-state index is -0.505. The summed E-state index contributed by atoms with van der Waals surface area (Å²) in [6.45, 7) is 2.47. The second-order valence-electron chi connectivity index (χ2n) is 8.85. The van der Waals surface area contributed by atoms with E-state index in [1.54, 1.807) is 23.1 Å². The van der Waals surface area contributed by atoms with Crippen molar-refractivity contribution in [2.24, 2.45) is 22.4 Å². The predicted molar refractivity (Wildman–Crippen MR) is 131 cm³/mol. The van der Waals surface area contributed by atoms with Gasteiger partial charge < -0.3 is 26.8 Å². The maximum Gasteiger partial charge on any atom is 0.228 e. The zero-order chi connectivity index (χ0) is 23.7. The zero-order valence-electron chi connectivity index (χ0n) is 18.8. The summed E-state index contributed by atoms with van der Waals surface area (Å²) in [4.78, 5) is 23.6. The molecule has 2 aliphatic rings. The van der Waals surface area contributed by atoms with Gasteiger partial charge in [-0.2, -0.15) is 5.10 Å². The molecule has 0 bridgehead atoms. The molecule has 10 nitrogen and oxygen atoms in total. The quantitative estimate of drug-likeness (QED) is 0.366. The van der Waals surface area contributed by atoms with Gasteiger partial charge in [-0.3, -0.25) is 9.79 Å². The van der Waals surface area contributed by atoms with Gasteiger partial charge in [-0.25, -0.2) is 9.50 Å². The minimum absolute atomic E-state index is 0.0520. The number of imidazole rings is 1. The summed E-state index contributed by atoms with van der Waals surface area (Å²) < 4.78 is 7.10. The average molecular weight is 461 g/mol. The molecule has 0 radical (unpaired) electrons. The lowest BCUT2D eigenvalue weighted by Crippen LogP contribution is -2.66. The molecular weight excluding hydrogens is 432 g/mol. The lowest BCUT2D eigenvalue weighted by Gasteiger charge is -2.47. The third kappa shape index (κ3) is 4.02. The second kappa shape index (κ2) is 8.88. The van der Waals surface area contributed by atoms with Gasteiger partial charge in [-0.1, -0.05) is 12.1 Å². The van der Waals surface area contributed by atoms with Crippen molar-refractivity contribution < 1.29 is 9.53 Å². The lowest BCUT2D eigenvalue weighted by atomic mass is 9.88. The fourth-order valence-electron chi connectivity index (χ4n) is 4.42. The number of nitrogens with zero attached hydrogens (tertiary/aromatic N) is 5. The molecule has 0 saturated carbocycles. The summed E-state index contributed by atoms with van der Waals surface area (Å²) in [6.07, 6.45) is 7.46. The van der Waals surface area contributed by atoms with Crippen LogP contribution in [0.1, 0.15) is 12.0 Å². The average Bonchev–Trinajstić information content (AvgIpc) is 3.50. The number of anilines is 1. The van der Waals surface area contributed by atoms with Gasteiger partial charge in [0.05, 0.1) is 30.6 Å². The van der Waals surface area contributed by atoms with E-state index < -0.39 is 5.54 Å². The number of likely N-dealkylation sites (tertiary alicyclic amines) is 1. The highest BCUT2D eigenvalue weighted by Crippen LogP contribution is 2.29. The van der Waals surface area contributed by atoms with E-state index >= 15 is 0 Å². The van der Waals surface area contributed by atoms with Crippen molar-refractivity contribution in [3.63, 3.8) is 0 Å². The number of aromatic nitrogens is 3. The Morgan fingerprint density at radius 1 is 1.29 bits per heavy atom. The fraction of sp³-hybridized carbons (Fsp3) is 0.333. The SMILES string of the molecule is NC=C(C=NC1(CN)CN(C(=O)C2CCOC2)C1)c1cnn2c(-c3cccc(N)c3)cnc2c1. The highest BCUT2D eigenvalue weighted by Gasteiger charge is 2.45. The number of ether oxygens (including phenoxy) is 1. The Morgan fingerprint density at radius 3 is 2.85 bits per heavy atom. The van der Waals surface area contributed by atoms with Crippen molar-refractivity contribution >= 4 is 29.0 Å². The van der Waals surface area contributed by atoms with Crippen molar-refractivity contribution in [3.8, 4) is 11.3 Å². The summed E-state index contributed by atoms with van der Waals surface area (Å²) in [5.41, 5.74) is 22.0. The van der Waals surface area contributed by atoms with Crippen molar-refractivity contribution in [1.29, 1.82) is 0 Å². The highest BCUT2D eigenvalue weighted by molar-refractivity contribution is 6.10. The number of carbonyl (C=O) groups is 1. The van der Waals surface area contributed by atoms with Gasteiger partial charge in [0.25, 0.3) is 0 Å². The third-order valence-corrected chi connectivity index (χ3v) is 6.47. The van der Waals surface area contributed by atoms with Gasteiger partial charge in [0.2, 0.25) is 5.91 Å². The van der Waals surface area contributed by atoms with E-state index in [1.807, 2.05) is 35.2 Å². The minimum Gasteiger partial charge on any atom is -0.404 e. The maximum atomic E-state index is 12.6. The van der Waals surface area contributed by atoms with Crippen LogP contribution in [0.2, 0.25) is 0 Å². The van der Waals surface area contributed by atoms with E-state index in [0.717, 1.165) is 23.2 Å². The molecule has 1 atom stereocenters. The molecule has 1 amide bonds. The number of hydrogen-bond acceptors (Lipinski definition) is 8. The first-order valence-electron chi connectivity index (χ1n) is 11.3. The van der Waals surface area contributed by atoms with Crippen LogP contribution in [0.5, 0.6) is 0 Å². The summed E-state index contributed by atoms with van der Waals surface area (Å²) in [7, 11) is 0. The van der Waals surface area contributed by atoms with Crippen molar-refractivity contribution in [3.05, 3.63) is 54.5 Å². The number of hydrogen-bond donors (Lipinski definition) is 3. The number of carbonyl (C=O) groups excluding carboxylic acids is 1. The molecule has 1 aromatic carbocycles. The number of aliphatic imine (C=N–C) groups is 1. The van der Waals surface area contributed by atoms with Gasteiger partial charge in [-0.15, -0.1) is 0 Å². The Kier molecular flexibility index (Phi) is 5.76. The van der Waals surface area contributed by atoms with Crippen LogP contribution in [-0.4, -0.2) is 70.0 Å². The van der Waals surface area contributed by atoms with Crippen molar-refractivity contribution in [2.75, 3.05) is 38.6 Å². The molecule has 176 valence electrons. The molecule has 3 aromatic rings. The molecule has 6 N–H and O–H groups in total. The molecule has 34 heavy (non-hydrogen) atoms. The molecule has 5 rings (SSSR count). The first-order chi connectivity index (χ1) is 16.5. The third-order valence-electron chi connectivity index (χ3n) is 6.47. The smallest absolute Gasteiger partial charge is 0.228 e. The van der Waals surface area contributed by atoms with E-state index in [4.69, 9.17) is 26.9 Å². The Morgan fingerprint density at radius 2 is 2.15 bits per heavy atom. The van der Waals surface area contributed by atoms with Gasteiger partial charge >= 0.3 is 0 Å². The fourth-order valence-corrected chi connectivity index (χ4v) is 4.42. The number of benzene rings is 1. The van der Waals surface area contributed by atoms with Crippen LogP contribution in [-0.2, 0) is 9.53 Å². The van der Waals surface area contributed by atoms with Gasteiger partial charge in [0, 0.05) is 61.0 Å². The van der Waals surface area contributed by atoms with Crippen molar-refractivity contribution in [1.82, 2.24) is 19.5 Å². The van der Waals surface area contributed by atoms with Crippen LogP contribution < -0.4 is 17.2 Å². The molecule has 4 heterocycles. The van der Waals surface area contributed by atoms with Crippen LogP contribution in [0.25, 0.3) is 22.5 Å². The molecule has 2 aliphatic heterocycles. The van der Waals surface area contributed by atoms with Crippen LogP contribution in [0.3, 0.4) is 0 Å². The zero-order valence-corrected chi connectivity index (χ0v) is 18.8. The Bertz CT molecular complexity index is 1270. The normalized spacial score (nSPS) is 20.2. The largest absolute Gasteiger partial charge is 0.404 e. The topological polar surface area (TPSA) is 150 Å². The number of nitrogens with two attached hydrogens (primary N) is 3. The van der Waals surface area contributed by atoms with Crippen LogP contribution in [0.15, 0.2) is 53.9 Å². The Balaban J connectivity index is 1.33. The predicted octanol–water partition coefficient (Wildman–Crippen LogP) is 0.925.